The first-order chi connectivity index (χ1) is 10.0. The van der Waals surface area contributed by atoms with Gasteiger partial charge >= 0.3 is 0 Å². The fourth-order valence-electron chi connectivity index (χ4n) is 2.18. The second kappa shape index (κ2) is 6.93. The Morgan fingerprint density at radius 2 is 1.76 bits per heavy atom. The van der Waals surface area contributed by atoms with E-state index >= 15 is 0 Å². The zero-order valence-corrected chi connectivity index (χ0v) is 12.9. The first-order valence-corrected chi connectivity index (χ1v) is 7.22. The largest absolute Gasteiger partial charge is 0.384 e. The van der Waals surface area contributed by atoms with Gasteiger partial charge in [-0.25, -0.2) is 0 Å². The number of hydrogen-bond donors (Lipinski definition) is 2. The molecule has 3 nitrogen and oxygen atoms in total. The predicted molar refractivity (Wildman–Crippen MR) is 88.8 cm³/mol. The molecule has 2 aromatic rings. The minimum atomic E-state index is 0.0263. The summed E-state index contributed by atoms with van der Waals surface area (Å²) in [5.41, 5.74) is 5.50. The lowest BCUT2D eigenvalue weighted by atomic mass is 10.1. The Bertz CT molecular complexity index is 635. The van der Waals surface area contributed by atoms with Gasteiger partial charge in [0.25, 0.3) is 0 Å². The number of anilines is 2. The highest BCUT2D eigenvalue weighted by Crippen LogP contribution is 2.16. The molecule has 2 rings (SSSR count). The molecule has 0 saturated carbocycles. The summed E-state index contributed by atoms with van der Waals surface area (Å²) < 4.78 is 0. The summed E-state index contributed by atoms with van der Waals surface area (Å²) in [4.78, 5) is 11.9. The lowest BCUT2D eigenvalue weighted by molar-refractivity contribution is -0.115. The van der Waals surface area contributed by atoms with Gasteiger partial charge in [-0.05, 0) is 55.7 Å². The summed E-state index contributed by atoms with van der Waals surface area (Å²) >= 11 is 0. The van der Waals surface area contributed by atoms with Crippen molar-refractivity contribution in [2.24, 2.45) is 0 Å². The van der Waals surface area contributed by atoms with E-state index in [-0.39, 0.29) is 5.91 Å². The molecule has 0 radical (unpaired) electrons. The molecular formula is C18H22N2O. The molecular weight excluding hydrogens is 260 g/mol. The van der Waals surface area contributed by atoms with Gasteiger partial charge in [-0.3, -0.25) is 4.79 Å². The number of hydrogen-bond acceptors (Lipinski definition) is 2. The zero-order chi connectivity index (χ0) is 15.2. The Morgan fingerprint density at radius 1 is 1.00 bits per heavy atom. The molecule has 0 fully saturated rings. The van der Waals surface area contributed by atoms with Gasteiger partial charge in [0, 0.05) is 24.3 Å². The van der Waals surface area contributed by atoms with Crippen molar-refractivity contribution in [2.75, 3.05) is 17.2 Å². The van der Waals surface area contributed by atoms with Crippen molar-refractivity contribution in [1.29, 1.82) is 0 Å². The highest BCUT2D eigenvalue weighted by Gasteiger charge is 2.03. The Kier molecular flexibility index (Phi) is 4.99. The number of rotatable bonds is 5. The third-order valence-electron chi connectivity index (χ3n) is 3.36. The lowest BCUT2D eigenvalue weighted by Gasteiger charge is -2.11. The molecule has 1 amide bonds. The van der Waals surface area contributed by atoms with Crippen molar-refractivity contribution < 1.29 is 4.79 Å². The molecule has 0 aliphatic heterocycles. The fraction of sp³-hybridized carbons (Fsp3) is 0.278. The Labute approximate surface area is 126 Å². The highest BCUT2D eigenvalue weighted by molar-refractivity contribution is 5.91. The minimum Gasteiger partial charge on any atom is -0.384 e. The van der Waals surface area contributed by atoms with Crippen LogP contribution in [0.3, 0.4) is 0 Å². The summed E-state index contributed by atoms with van der Waals surface area (Å²) in [6, 6.07) is 14.1. The van der Waals surface area contributed by atoms with Crippen molar-refractivity contribution >= 4 is 17.3 Å². The van der Waals surface area contributed by atoms with Gasteiger partial charge in [0.15, 0.2) is 0 Å². The van der Waals surface area contributed by atoms with E-state index < -0.39 is 0 Å². The van der Waals surface area contributed by atoms with Crippen molar-refractivity contribution in [1.82, 2.24) is 0 Å². The first-order valence-electron chi connectivity index (χ1n) is 7.22. The van der Waals surface area contributed by atoms with Crippen LogP contribution in [0, 0.1) is 20.8 Å². The summed E-state index contributed by atoms with van der Waals surface area (Å²) in [7, 11) is 0. The molecule has 0 bridgehead atoms. The van der Waals surface area contributed by atoms with Gasteiger partial charge in [0.2, 0.25) is 5.91 Å². The third kappa shape index (κ3) is 4.63. The van der Waals surface area contributed by atoms with Crippen LogP contribution < -0.4 is 10.6 Å². The Hall–Kier alpha value is -2.29. The molecule has 0 aliphatic rings. The first kappa shape index (κ1) is 15.1. The van der Waals surface area contributed by atoms with E-state index in [1.165, 1.54) is 11.1 Å². The molecule has 2 N–H and O–H groups in total. The molecule has 110 valence electrons. The Morgan fingerprint density at radius 3 is 2.52 bits per heavy atom. The van der Waals surface area contributed by atoms with Crippen LogP contribution in [0.5, 0.6) is 0 Å². The molecule has 0 saturated heterocycles. The van der Waals surface area contributed by atoms with Crippen LogP contribution >= 0.6 is 0 Å². The fourth-order valence-corrected chi connectivity index (χ4v) is 2.18. The molecule has 0 spiro atoms. The normalized spacial score (nSPS) is 10.2. The minimum absolute atomic E-state index is 0.0263. The van der Waals surface area contributed by atoms with Gasteiger partial charge in [-0.2, -0.15) is 0 Å². The molecule has 21 heavy (non-hydrogen) atoms. The number of carbonyl (C=O) groups is 1. The molecule has 0 aliphatic carbocycles. The monoisotopic (exact) mass is 282 g/mol. The molecule has 0 heterocycles. The second-order valence-electron chi connectivity index (χ2n) is 5.41. The summed E-state index contributed by atoms with van der Waals surface area (Å²) in [6.07, 6.45) is 0.446. The average molecular weight is 282 g/mol. The number of amides is 1. The van der Waals surface area contributed by atoms with Crippen LogP contribution in [0.1, 0.15) is 23.1 Å². The quantitative estimate of drug-likeness (QED) is 0.868. The van der Waals surface area contributed by atoms with E-state index in [2.05, 4.69) is 42.7 Å². The van der Waals surface area contributed by atoms with Gasteiger partial charge in [0.1, 0.15) is 0 Å². The molecule has 0 unspecified atom stereocenters. The summed E-state index contributed by atoms with van der Waals surface area (Å²) in [6.45, 7) is 6.77. The van der Waals surface area contributed by atoms with Crippen LogP contribution in [-0.2, 0) is 4.79 Å². The zero-order valence-electron chi connectivity index (χ0n) is 12.9. The third-order valence-corrected chi connectivity index (χ3v) is 3.36. The van der Waals surface area contributed by atoms with E-state index in [9.17, 15) is 4.79 Å². The van der Waals surface area contributed by atoms with Crippen LogP contribution in [0.25, 0.3) is 0 Å². The van der Waals surface area contributed by atoms with Crippen LogP contribution in [0.2, 0.25) is 0 Å². The SMILES string of the molecule is Cc1cccc(NC(=O)CCNc2cc(C)ccc2C)c1. The summed E-state index contributed by atoms with van der Waals surface area (Å²) in [5, 5.41) is 6.24. The number of aryl methyl sites for hydroxylation is 3. The maximum atomic E-state index is 11.9. The van der Waals surface area contributed by atoms with Crippen LogP contribution in [0.4, 0.5) is 11.4 Å². The van der Waals surface area contributed by atoms with Crippen molar-refractivity contribution in [3.63, 3.8) is 0 Å². The topological polar surface area (TPSA) is 41.1 Å². The molecule has 0 atom stereocenters. The van der Waals surface area contributed by atoms with E-state index in [0.29, 0.717) is 13.0 Å². The van der Waals surface area contributed by atoms with E-state index in [1.807, 2.05) is 31.2 Å². The number of nitrogens with one attached hydrogen (secondary N) is 2. The van der Waals surface area contributed by atoms with Gasteiger partial charge in [0.05, 0.1) is 0 Å². The van der Waals surface area contributed by atoms with Gasteiger partial charge < -0.3 is 10.6 Å². The molecule has 2 aromatic carbocycles. The summed E-state index contributed by atoms with van der Waals surface area (Å²) in [5.74, 6) is 0.0263. The smallest absolute Gasteiger partial charge is 0.226 e. The van der Waals surface area contributed by atoms with E-state index in [0.717, 1.165) is 16.9 Å². The predicted octanol–water partition coefficient (Wildman–Crippen LogP) is 4.05. The number of carbonyl (C=O) groups excluding carboxylic acids is 1. The standard InChI is InChI=1S/C18H22N2O/c1-13-5-4-6-16(11-13)20-18(21)9-10-19-17-12-14(2)7-8-15(17)3/h4-8,11-12,19H,9-10H2,1-3H3,(H,20,21). The maximum Gasteiger partial charge on any atom is 0.226 e. The molecule has 3 heteroatoms. The highest BCUT2D eigenvalue weighted by atomic mass is 16.1. The van der Waals surface area contributed by atoms with Crippen molar-refractivity contribution in [2.45, 2.75) is 27.2 Å². The maximum absolute atomic E-state index is 11.9. The lowest BCUT2D eigenvalue weighted by Crippen LogP contribution is -2.16. The van der Waals surface area contributed by atoms with Crippen LogP contribution in [-0.4, -0.2) is 12.5 Å². The van der Waals surface area contributed by atoms with E-state index in [1.54, 1.807) is 0 Å². The van der Waals surface area contributed by atoms with Crippen LogP contribution in [0.15, 0.2) is 42.5 Å². The van der Waals surface area contributed by atoms with E-state index in [4.69, 9.17) is 0 Å². The average Bonchev–Trinajstić information content (AvgIpc) is 2.42. The van der Waals surface area contributed by atoms with Crippen molar-refractivity contribution in [3.8, 4) is 0 Å². The number of benzene rings is 2. The van der Waals surface area contributed by atoms with Gasteiger partial charge in [-0.15, -0.1) is 0 Å². The second-order valence-corrected chi connectivity index (χ2v) is 5.41. The van der Waals surface area contributed by atoms with Gasteiger partial charge in [-0.1, -0.05) is 24.3 Å². The Balaban J connectivity index is 1.83. The molecule has 0 aromatic heterocycles. The van der Waals surface area contributed by atoms with Crippen molar-refractivity contribution in [3.05, 3.63) is 59.2 Å².